The van der Waals surface area contributed by atoms with Crippen LogP contribution in [0.2, 0.25) is 0 Å². The number of phenols is 1. The van der Waals surface area contributed by atoms with E-state index in [4.69, 9.17) is 0 Å². The summed E-state index contributed by atoms with van der Waals surface area (Å²) in [6, 6.07) is 11.8. The molecule has 0 atom stereocenters. The van der Waals surface area contributed by atoms with Crippen LogP contribution in [0.5, 0.6) is 5.75 Å². The predicted octanol–water partition coefficient (Wildman–Crippen LogP) is 3.62. The largest absolute Gasteiger partial charge is 0.507 e. The van der Waals surface area contributed by atoms with Gasteiger partial charge in [0.1, 0.15) is 5.75 Å². The number of anilines is 1. The van der Waals surface area contributed by atoms with Gasteiger partial charge in [0.05, 0.1) is 10.6 Å². The van der Waals surface area contributed by atoms with Crippen LogP contribution in [-0.2, 0) is 10.0 Å². The van der Waals surface area contributed by atoms with Crippen LogP contribution in [0.4, 0.5) is 14.5 Å². The van der Waals surface area contributed by atoms with Crippen molar-refractivity contribution in [3.8, 4) is 5.75 Å². The van der Waals surface area contributed by atoms with Gasteiger partial charge in [-0.25, -0.2) is 17.2 Å². The molecule has 0 radical (unpaired) electrons. The third-order valence-corrected chi connectivity index (χ3v) is 4.71. The molecule has 0 aliphatic rings. The van der Waals surface area contributed by atoms with E-state index in [1.54, 1.807) is 24.3 Å². The molecule has 0 saturated heterocycles. The molecule has 0 fully saturated rings. The van der Waals surface area contributed by atoms with E-state index in [2.05, 4.69) is 4.72 Å². The van der Waals surface area contributed by atoms with Gasteiger partial charge in [0.25, 0.3) is 10.0 Å². The van der Waals surface area contributed by atoms with E-state index in [1.165, 1.54) is 12.1 Å². The minimum absolute atomic E-state index is 0.0105. The van der Waals surface area contributed by atoms with Crippen LogP contribution in [-0.4, -0.2) is 13.5 Å². The number of hydrogen-bond donors (Lipinski definition) is 2. The topological polar surface area (TPSA) is 66.4 Å². The third-order valence-electron chi connectivity index (χ3n) is 3.34. The van der Waals surface area contributed by atoms with E-state index >= 15 is 0 Å². The first-order valence-electron chi connectivity index (χ1n) is 6.57. The lowest BCUT2D eigenvalue weighted by molar-refractivity contribution is 0.481. The zero-order chi connectivity index (χ0) is 16.6. The number of halogens is 2. The highest BCUT2D eigenvalue weighted by molar-refractivity contribution is 7.92. The number of benzene rings is 3. The average Bonchev–Trinajstić information content (AvgIpc) is 2.51. The van der Waals surface area contributed by atoms with Crippen molar-refractivity contribution in [2.45, 2.75) is 4.90 Å². The lowest BCUT2D eigenvalue weighted by Crippen LogP contribution is -2.13. The quantitative estimate of drug-likeness (QED) is 0.768. The molecule has 0 aliphatic heterocycles. The van der Waals surface area contributed by atoms with Crippen LogP contribution < -0.4 is 4.72 Å². The summed E-state index contributed by atoms with van der Waals surface area (Å²) in [6.07, 6.45) is 0. The molecule has 0 amide bonds. The Morgan fingerprint density at radius 1 is 0.870 bits per heavy atom. The van der Waals surface area contributed by atoms with Gasteiger partial charge in [0, 0.05) is 10.8 Å². The first-order chi connectivity index (χ1) is 10.9. The monoisotopic (exact) mass is 335 g/mol. The number of rotatable bonds is 3. The van der Waals surface area contributed by atoms with Crippen LogP contribution >= 0.6 is 0 Å². The van der Waals surface area contributed by atoms with Gasteiger partial charge in [-0.15, -0.1) is 0 Å². The van der Waals surface area contributed by atoms with E-state index in [0.29, 0.717) is 16.8 Å². The molecule has 0 heterocycles. The zero-order valence-electron chi connectivity index (χ0n) is 11.6. The maximum atomic E-state index is 13.3. The lowest BCUT2D eigenvalue weighted by Gasteiger charge is -2.11. The zero-order valence-corrected chi connectivity index (χ0v) is 12.4. The lowest BCUT2D eigenvalue weighted by atomic mass is 10.1. The Balaban J connectivity index is 2.07. The van der Waals surface area contributed by atoms with Gasteiger partial charge in [-0.3, -0.25) is 4.72 Å². The second kappa shape index (κ2) is 5.51. The second-order valence-electron chi connectivity index (χ2n) is 4.86. The predicted molar refractivity (Wildman–Crippen MR) is 82.8 cm³/mol. The van der Waals surface area contributed by atoms with E-state index in [0.717, 1.165) is 12.1 Å². The Hall–Kier alpha value is -2.67. The maximum absolute atomic E-state index is 13.3. The highest BCUT2D eigenvalue weighted by Gasteiger charge is 2.18. The van der Waals surface area contributed by atoms with Gasteiger partial charge in [0.2, 0.25) is 0 Å². The fraction of sp³-hybridized carbons (Fsp3) is 0. The normalized spacial score (nSPS) is 11.6. The molecule has 3 aromatic rings. The Kier molecular flexibility index (Phi) is 3.65. The Morgan fingerprint density at radius 2 is 1.57 bits per heavy atom. The van der Waals surface area contributed by atoms with Crippen molar-refractivity contribution in [2.75, 3.05) is 4.72 Å². The Morgan fingerprint density at radius 3 is 2.30 bits per heavy atom. The summed E-state index contributed by atoms with van der Waals surface area (Å²) in [5.41, 5.74) is 0.225. The van der Waals surface area contributed by atoms with E-state index in [1.807, 2.05) is 0 Å². The molecular formula is C16H11F2NO3S. The summed E-state index contributed by atoms with van der Waals surface area (Å²) in [5.74, 6) is -2.36. The molecule has 0 unspecified atom stereocenters. The van der Waals surface area contributed by atoms with Crippen molar-refractivity contribution >= 4 is 26.5 Å². The number of hydrogen-bond acceptors (Lipinski definition) is 3. The second-order valence-corrected chi connectivity index (χ2v) is 6.54. The summed E-state index contributed by atoms with van der Waals surface area (Å²) >= 11 is 0. The van der Waals surface area contributed by atoms with Crippen molar-refractivity contribution in [1.29, 1.82) is 0 Å². The van der Waals surface area contributed by atoms with Crippen LogP contribution in [0, 0.1) is 11.6 Å². The summed E-state index contributed by atoms with van der Waals surface area (Å²) < 4.78 is 53.2. The highest BCUT2D eigenvalue weighted by Crippen LogP contribution is 2.31. The first-order valence-corrected chi connectivity index (χ1v) is 8.05. The van der Waals surface area contributed by atoms with Crippen molar-refractivity contribution < 1.29 is 22.3 Å². The molecule has 0 aliphatic carbocycles. The molecule has 3 rings (SSSR count). The first kappa shape index (κ1) is 15.2. The SMILES string of the molecule is O=S(=O)(Nc1cccc2c(O)cccc12)c1ccc(F)c(F)c1. The summed E-state index contributed by atoms with van der Waals surface area (Å²) in [4.78, 5) is -0.395. The summed E-state index contributed by atoms with van der Waals surface area (Å²) in [6.45, 7) is 0. The standard InChI is InChI=1S/C16H11F2NO3S/c17-13-8-7-10(9-14(13)18)23(21,22)19-15-5-1-4-12-11(15)3-2-6-16(12)20/h1-9,19-20H. The minimum atomic E-state index is -4.10. The van der Waals surface area contributed by atoms with Crippen LogP contribution in [0.25, 0.3) is 10.8 Å². The van der Waals surface area contributed by atoms with Crippen molar-refractivity contribution in [3.05, 3.63) is 66.2 Å². The smallest absolute Gasteiger partial charge is 0.262 e. The third kappa shape index (κ3) is 2.83. The number of nitrogens with one attached hydrogen (secondary N) is 1. The van der Waals surface area contributed by atoms with Gasteiger partial charge in [0.15, 0.2) is 11.6 Å². The molecule has 3 aromatic carbocycles. The maximum Gasteiger partial charge on any atom is 0.262 e. The molecule has 7 heteroatoms. The van der Waals surface area contributed by atoms with Crippen molar-refractivity contribution in [2.24, 2.45) is 0 Å². The number of aromatic hydroxyl groups is 1. The van der Waals surface area contributed by atoms with Gasteiger partial charge in [-0.2, -0.15) is 0 Å². The number of phenolic OH excluding ortho intramolecular Hbond substituents is 1. The number of fused-ring (bicyclic) bond motifs is 1. The summed E-state index contributed by atoms with van der Waals surface area (Å²) in [5, 5.41) is 10.8. The van der Waals surface area contributed by atoms with Crippen LogP contribution in [0.1, 0.15) is 0 Å². The Bertz CT molecular complexity index is 1000. The fourth-order valence-electron chi connectivity index (χ4n) is 2.23. The van der Waals surface area contributed by atoms with Crippen LogP contribution in [0.3, 0.4) is 0 Å². The minimum Gasteiger partial charge on any atom is -0.507 e. The van der Waals surface area contributed by atoms with Crippen LogP contribution in [0.15, 0.2) is 59.5 Å². The molecule has 4 nitrogen and oxygen atoms in total. The molecular weight excluding hydrogens is 324 g/mol. The molecule has 118 valence electrons. The van der Waals surface area contributed by atoms with Gasteiger partial charge in [-0.1, -0.05) is 24.3 Å². The number of sulfonamides is 1. The van der Waals surface area contributed by atoms with Gasteiger partial charge in [-0.05, 0) is 30.3 Å². The molecule has 0 spiro atoms. The van der Waals surface area contributed by atoms with Gasteiger partial charge < -0.3 is 5.11 Å². The molecule has 0 bridgehead atoms. The van der Waals surface area contributed by atoms with Gasteiger partial charge >= 0.3 is 0 Å². The Labute approximate surface area is 131 Å². The summed E-state index contributed by atoms with van der Waals surface area (Å²) in [7, 11) is -4.10. The molecule has 23 heavy (non-hydrogen) atoms. The van der Waals surface area contributed by atoms with E-state index < -0.39 is 26.6 Å². The highest BCUT2D eigenvalue weighted by atomic mass is 32.2. The van der Waals surface area contributed by atoms with Crippen molar-refractivity contribution in [1.82, 2.24) is 0 Å². The van der Waals surface area contributed by atoms with E-state index in [-0.39, 0.29) is 11.4 Å². The molecule has 0 aromatic heterocycles. The van der Waals surface area contributed by atoms with E-state index in [9.17, 15) is 22.3 Å². The molecule has 0 saturated carbocycles. The molecule has 2 N–H and O–H groups in total. The van der Waals surface area contributed by atoms with Crippen molar-refractivity contribution in [3.63, 3.8) is 0 Å². The average molecular weight is 335 g/mol. The fourth-order valence-corrected chi connectivity index (χ4v) is 3.32.